The van der Waals surface area contributed by atoms with Gasteiger partial charge in [0.15, 0.2) is 11.2 Å². The van der Waals surface area contributed by atoms with E-state index >= 15 is 0 Å². The second-order valence-electron chi connectivity index (χ2n) is 9.62. The molecule has 0 aromatic carbocycles. The van der Waals surface area contributed by atoms with Gasteiger partial charge in [0.2, 0.25) is 5.95 Å². The van der Waals surface area contributed by atoms with E-state index in [2.05, 4.69) is 33.9 Å². The average Bonchev–Trinajstić information content (AvgIpc) is 3.39. The number of rotatable bonds is 15. The highest BCUT2D eigenvalue weighted by Gasteiger charge is 2.52. The number of imidazole rings is 1. The standard InChI is InChI=1S/C24H35N6O7P/c1-5-7-17(8-6-2)11-35-22(33)15(3)29-38(34)37-13-24(12-36-16(4)31)9-18(24)10-30-14-26-19-20(30)27-23(25)28-21(19)32/h10,14-15,17H,5-9,11-13H2,1-4H3,(H3-,25,27,28,29,32,34)/p+1/b18-10-/t15-,24-/m0/s1. The molecule has 2 aromatic heterocycles. The molecule has 0 radical (unpaired) electrons. The maximum absolute atomic E-state index is 12.6. The number of anilines is 1. The Morgan fingerprint density at radius 3 is 2.66 bits per heavy atom. The Bertz CT molecular complexity index is 1250. The molecular formula is C24H36N6O7P+. The molecule has 38 heavy (non-hydrogen) atoms. The number of nitrogens with zero attached hydrogens (tertiary/aromatic N) is 3. The minimum absolute atomic E-state index is 0.00790. The maximum atomic E-state index is 12.6. The molecule has 1 saturated carbocycles. The van der Waals surface area contributed by atoms with Gasteiger partial charge >= 0.3 is 20.1 Å². The van der Waals surface area contributed by atoms with E-state index in [9.17, 15) is 18.9 Å². The largest absolute Gasteiger partial charge is 0.613 e. The number of hydrogen-bond donors (Lipinski definition) is 3. The van der Waals surface area contributed by atoms with Crippen molar-refractivity contribution in [1.29, 1.82) is 0 Å². The van der Waals surface area contributed by atoms with Crippen molar-refractivity contribution in [2.24, 2.45) is 11.3 Å². The summed E-state index contributed by atoms with van der Waals surface area (Å²) in [5.74, 6) is -0.697. The average molecular weight is 552 g/mol. The molecule has 1 aliphatic carbocycles. The summed E-state index contributed by atoms with van der Waals surface area (Å²) in [5.41, 5.74) is 5.68. The van der Waals surface area contributed by atoms with E-state index in [1.54, 1.807) is 17.7 Å². The van der Waals surface area contributed by atoms with Crippen LogP contribution < -0.4 is 16.4 Å². The topological polar surface area (TPSA) is 181 Å². The fourth-order valence-corrected chi connectivity index (χ4v) is 5.02. The summed E-state index contributed by atoms with van der Waals surface area (Å²) in [5, 5.41) is 2.64. The van der Waals surface area contributed by atoms with Gasteiger partial charge in [-0.2, -0.15) is 4.98 Å². The van der Waals surface area contributed by atoms with E-state index < -0.39 is 37.1 Å². The quantitative estimate of drug-likeness (QED) is 0.219. The van der Waals surface area contributed by atoms with Crippen LogP contribution in [0.4, 0.5) is 5.95 Å². The number of nitrogens with one attached hydrogen (secondary N) is 2. The number of ether oxygens (including phenoxy) is 2. The van der Waals surface area contributed by atoms with Crippen molar-refractivity contribution in [2.45, 2.75) is 65.8 Å². The maximum Gasteiger partial charge on any atom is 0.613 e. The van der Waals surface area contributed by atoms with Gasteiger partial charge in [0, 0.05) is 13.1 Å². The second-order valence-corrected chi connectivity index (χ2v) is 10.7. The molecule has 13 nitrogen and oxygen atoms in total. The predicted octanol–water partition coefficient (Wildman–Crippen LogP) is 2.91. The number of fused-ring (bicyclic) bond motifs is 1. The Labute approximate surface area is 221 Å². The van der Waals surface area contributed by atoms with E-state index in [1.807, 2.05) is 0 Å². The lowest BCUT2D eigenvalue weighted by Crippen LogP contribution is -2.32. The first-order valence-electron chi connectivity index (χ1n) is 12.7. The van der Waals surface area contributed by atoms with Crippen LogP contribution in [0.15, 0.2) is 16.7 Å². The molecule has 0 spiro atoms. The lowest BCUT2D eigenvalue weighted by molar-refractivity contribution is -0.147. The fourth-order valence-electron chi connectivity index (χ4n) is 4.16. The highest BCUT2D eigenvalue weighted by atomic mass is 31.1. The summed E-state index contributed by atoms with van der Waals surface area (Å²) in [6, 6.07) is -0.826. The number of esters is 2. The van der Waals surface area contributed by atoms with E-state index in [0.717, 1.165) is 31.3 Å². The third-order valence-electron chi connectivity index (χ3n) is 6.35. The van der Waals surface area contributed by atoms with Crippen LogP contribution in [0, 0.1) is 11.3 Å². The molecule has 2 heterocycles. The highest BCUT2D eigenvalue weighted by molar-refractivity contribution is 7.36. The summed E-state index contributed by atoms with van der Waals surface area (Å²) >= 11 is 0. The van der Waals surface area contributed by atoms with Crippen LogP contribution in [0.25, 0.3) is 17.4 Å². The van der Waals surface area contributed by atoms with Crippen molar-refractivity contribution in [3.05, 3.63) is 22.3 Å². The molecule has 14 heteroatoms. The molecule has 1 unspecified atom stereocenters. The first kappa shape index (κ1) is 29.4. The molecular weight excluding hydrogens is 515 g/mol. The van der Waals surface area contributed by atoms with Crippen LogP contribution in [0.3, 0.4) is 0 Å². The molecule has 2 aromatic rings. The zero-order valence-corrected chi connectivity index (χ0v) is 23.1. The molecule has 0 amide bonds. The Balaban J connectivity index is 1.61. The SMILES string of the molecule is CCCC(CCC)COC(=O)[C@H](C)N[P+](=O)OC[C@@]1(COC(C)=O)C/C1=C/n1cnc2c(=O)[nH]c(N)nc21. The van der Waals surface area contributed by atoms with Gasteiger partial charge in [-0.1, -0.05) is 31.8 Å². The van der Waals surface area contributed by atoms with Crippen molar-refractivity contribution < 1.29 is 28.2 Å². The molecule has 3 rings (SSSR count). The monoisotopic (exact) mass is 551 g/mol. The normalized spacial score (nSPS) is 19.1. The van der Waals surface area contributed by atoms with Gasteiger partial charge in [-0.25, -0.2) is 4.98 Å². The minimum Gasteiger partial charge on any atom is -0.465 e. The molecule has 1 fully saturated rings. The number of aromatic amines is 1. The Morgan fingerprint density at radius 2 is 2.00 bits per heavy atom. The number of nitrogens with two attached hydrogens (primary N) is 1. The molecule has 0 bridgehead atoms. The van der Waals surface area contributed by atoms with Crippen LogP contribution >= 0.6 is 8.18 Å². The van der Waals surface area contributed by atoms with Crippen LogP contribution in [0.1, 0.15) is 59.8 Å². The van der Waals surface area contributed by atoms with E-state index in [4.69, 9.17) is 19.7 Å². The number of aromatic nitrogens is 4. The van der Waals surface area contributed by atoms with Crippen molar-refractivity contribution in [2.75, 3.05) is 25.6 Å². The van der Waals surface area contributed by atoms with Gasteiger partial charge in [-0.15, -0.1) is 4.52 Å². The number of carbonyl (C=O) groups is 2. The smallest absolute Gasteiger partial charge is 0.465 e. The van der Waals surface area contributed by atoms with E-state index in [-0.39, 0.29) is 30.3 Å². The Morgan fingerprint density at radius 1 is 1.29 bits per heavy atom. The summed E-state index contributed by atoms with van der Waals surface area (Å²) in [4.78, 5) is 46.5. The Hall–Kier alpha value is -3.15. The lowest BCUT2D eigenvalue weighted by atomic mass is 9.99. The minimum atomic E-state index is -2.41. The van der Waals surface area contributed by atoms with Crippen LogP contribution in [0.2, 0.25) is 0 Å². The molecule has 3 atom stereocenters. The number of nitrogen functional groups attached to an aromatic ring is 1. The van der Waals surface area contributed by atoms with Gasteiger partial charge in [0.25, 0.3) is 5.56 Å². The molecule has 4 N–H and O–H groups in total. The first-order chi connectivity index (χ1) is 18.1. The van der Waals surface area contributed by atoms with Gasteiger partial charge < -0.3 is 15.2 Å². The second kappa shape index (κ2) is 13.1. The van der Waals surface area contributed by atoms with Gasteiger partial charge in [-0.05, 0) is 42.2 Å². The zero-order valence-electron chi connectivity index (χ0n) is 22.2. The number of hydrogen-bond acceptors (Lipinski definition) is 10. The van der Waals surface area contributed by atoms with Crippen molar-refractivity contribution in [3.63, 3.8) is 0 Å². The summed E-state index contributed by atoms with van der Waals surface area (Å²) < 4.78 is 30.3. The lowest BCUT2D eigenvalue weighted by Gasteiger charge is -2.16. The summed E-state index contributed by atoms with van der Waals surface area (Å²) in [6.07, 6.45) is 7.61. The molecule has 0 saturated heterocycles. The number of carbonyl (C=O) groups excluding carboxylic acids is 2. The van der Waals surface area contributed by atoms with Crippen molar-refractivity contribution >= 4 is 43.4 Å². The molecule has 0 aliphatic heterocycles. The van der Waals surface area contributed by atoms with Gasteiger partial charge in [-0.3, -0.25) is 23.9 Å². The van der Waals surface area contributed by atoms with Crippen LogP contribution in [-0.2, 0) is 28.2 Å². The summed E-state index contributed by atoms with van der Waals surface area (Å²) in [7, 11) is -2.41. The van der Waals surface area contributed by atoms with E-state index in [1.165, 1.54) is 13.3 Å². The van der Waals surface area contributed by atoms with Crippen molar-refractivity contribution in [3.8, 4) is 0 Å². The molecule has 208 valence electrons. The van der Waals surface area contributed by atoms with E-state index in [0.29, 0.717) is 18.9 Å². The highest BCUT2D eigenvalue weighted by Crippen LogP contribution is 2.54. The summed E-state index contributed by atoms with van der Waals surface area (Å²) in [6.45, 7) is 7.35. The third kappa shape index (κ3) is 7.68. The molecule has 1 aliphatic rings. The zero-order chi connectivity index (χ0) is 27.9. The number of H-pyrrole nitrogens is 1. The van der Waals surface area contributed by atoms with Crippen LogP contribution in [0.5, 0.6) is 0 Å². The first-order valence-corrected chi connectivity index (χ1v) is 13.9. The third-order valence-corrected chi connectivity index (χ3v) is 7.31. The van der Waals surface area contributed by atoms with Crippen LogP contribution in [-0.4, -0.2) is 57.3 Å². The Kier molecular flexibility index (Phi) is 10.1. The fraction of sp³-hybridized carbons (Fsp3) is 0.625. The van der Waals surface area contributed by atoms with Gasteiger partial charge in [0.05, 0.1) is 12.0 Å². The van der Waals surface area contributed by atoms with Gasteiger partial charge in [0.1, 0.15) is 25.6 Å². The predicted molar refractivity (Wildman–Crippen MR) is 141 cm³/mol. The van der Waals surface area contributed by atoms with Crippen molar-refractivity contribution in [1.82, 2.24) is 24.6 Å².